The molecule has 0 bridgehead atoms. The van der Waals surface area contributed by atoms with Crippen molar-refractivity contribution in [1.82, 2.24) is 4.90 Å². The zero-order valence-corrected chi connectivity index (χ0v) is 11.2. The van der Waals surface area contributed by atoms with Crippen molar-refractivity contribution in [3.8, 4) is 5.75 Å². The molecule has 1 atom stereocenters. The lowest BCUT2D eigenvalue weighted by Gasteiger charge is -2.32. The molecule has 0 spiro atoms. The molecule has 1 heterocycles. The number of piperidine rings is 1. The lowest BCUT2D eigenvalue weighted by Crippen LogP contribution is -2.41. The molecule has 19 heavy (non-hydrogen) atoms. The molecule has 5 nitrogen and oxygen atoms in total. The molecule has 1 unspecified atom stereocenters. The third kappa shape index (κ3) is 3.24. The number of likely N-dealkylation sites (tertiary alicyclic amines) is 1. The molecule has 0 aliphatic carbocycles. The van der Waals surface area contributed by atoms with Gasteiger partial charge in [-0.2, -0.15) is 0 Å². The van der Waals surface area contributed by atoms with E-state index in [0.29, 0.717) is 30.4 Å². The van der Waals surface area contributed by atoms with Gasteiger partial charge in [0.25, 0.3) is 5.91 Å². The Morgan fingerprint density at radius 3 is 3.00 bits per heavy atom. The van der Waals surface area contributed by atoms with Gasteiger partial charge in [-0.3, -0.25) is 4.79 Å². The zero-order valence-electron chi connectivity index (χ0n) is 11.2. The first-order valence-corrected chi connectivity index (χ1v) is 6.50. The molecule has 1 aromatic carbocycles. The number of benzene rings is 1. The molecule has 1 fully saturated rings. The van der Waals surface area contributed by atoms with Gasteiger partial charge in [-0.15, -0.1) is 0 Å². The standard InChI is InChI=1S/C14H20N2O3/c1-18-13-7-3-2-6-12(13)14(17)16-8-4-5-11(9-16)10-19-15/h2-3,6-7,11H,4-5,8-10,15H2,1H3. The number of para-hydroxylation sites is 1. The maximum atomic E-state index is 12.5. The van der Waals surface area contributed by atoms with Crippen molar-refractivity contribution in [3.05, 3.63) is 29.8 Å². The molecule has 5 heteroatoms. The fraction of sp³-hybridized carbons (Fsp3) is 0.500. The van der Waals surface area contributed by atoms with Crippen molar-refractivity contribution >= 4 is 5.91 Å². The van der Waals surface area contributed by atoms with Crippen LogP contribution < -0.4 is 10.6 Å². The average Bonchev–Trinajstić information content (AvgIpc) is 2.47. The topological polar surface area (TPSA) is 64.8 Å². The van der Waals surface area contributed by atoms with Gasteiger partial charge in [0.05, 0.1) is 19.3 Å². The van der Waals surface area contributed by atoms with Crippen LogP contribution in [-0.2, 0) is 4.84 Å². The van der Waals surface area contributed by atoms with Crippen LogP contribution in [0.15, 0.2) is 24.3 Å². The van der Waals surface area contributed by atoms with E-state index in [0.717, 1.165) is 19.4 Å². The summed E-state index contributed by atoms with van der Waals surface area (Å²) in [5.41, 5.74) is 0.610. The van der Waals surface area contributed by atoms with Crippen LogP contribution >= 0.6 is 0 Å². The Labute approximate surface area is 113 Å². The van der Waals surface area contributed by atoms with Gasteiger partial charge in [-0.05, 0) is 25.0 Å². The van der Waals surface area contributed by atoms with Crippen molar-refractivity contribution in [3.63, 3.8) is 0 Å². The molecular formula is C14H20N2O3. The lowest BCUT2D eigenvalue weighted by molar-refractivity contribution is 0.0470. The summed E-state index contributed by atoms with van der Waals surface area (Å²) in [7, 11) is 1.58. The molecule has 0 aromatic heterocycles. The highest BCUT2D eigenvalue weighted by Crippen LogP contribution is 2.23. The number of carbonyl (C=O) groups is 1. The van der Waals surface area contributed by atoms with E-state index >= 15 is 0 Å². The number of hydrogen-bond donors (Lipinski definition) is 1. The van der Waals surface area contributed by atoms with Crippen molar-refractivity contribution < 1.29 is 14.4 Å². The predicted molar refractivity (Wildman–Crippen MR) is 71.8 cm³/mol. The largest absolute Gasteiger partial charge is 0.496 e. The van der Waals surface area contributed by atoms with Crippen LogP contribution in [-0.4, -0.2) is 37.6 Å². The second-order valence-corrected chi connectivity index (χ2v) is 4.79. The summed E-state index contributed by atoms with van der Waals surface area (Å²) in [6.45, 7) is 1.96. The van der Waals surface area contributed by atoms with Gasteiger partial charge in [0.1, 0.15) is 5.75 Å². The first kappa shape index (κ1) is 13.8. The van der Waals surface area contributed by atoms with Gasteiger partial charge in [0.15, 0.2) is 0 Å². The lowest BCUT2D eigenvalue weighted by atomic mass is 9.98. The number of nitrogens with two attached hydrogens (primary N) is 1. The number of rotatable bonds is 4. The Hall–Kier alpha value is -1.59. The molecule has 104 valence electrons. The Morgan fingerprint density at radius 2 is 2.26 bits per heavy atom. The predicted octanol–water partition coefficient (Wildman–Crippen LogP) is 1.44. The first-order chi connectivity index (χ1) is 9.26. The van der Waals surface area contributed by atoms with Crippen molar-refractivity contribution in [2.45, 2.75) is 12.8 Å². The van der Waals surface area contributed by atoms with Gasteiger partial charge < -0.3 is 14.5 Å². The van der Waals surface area contributed by atoms with E-state index in [1.807, 2.05) is 17.0 Å². The van der Waals surface area contributed by atoms with Crippen LogP contribution in [0.25, 0.3) is 0 Å². The summed E-state index contributed by atoms with van der Waals surface area (Å²) in [6.07, 6.45) is 2.03. The van der Waals surface area contributed by atoms with Crippen molar-refractivity contribution in [1.29, 1.82) is 0 Å². The van der Waals surface area contributed by atoms with Crippen LogP contribution in [0, 0.1) is 5.92 Å². The fourth-order valence-electron chi connectivity index (χ4n) is 2.51. The minimum Gasteiger partial charge on any atom is -0.496 e. The Kier molecular flexibility index (Phi) is 4.76. The van der Waals surface area contributed by atoms with Crippen molar-refractivity contribution in [2.24, 2.45) is 11.8 Å². The van der Waals surface area contributed by atoms with Crippen LogP contribution in [0.3, 0.4) is 0 Å². The minimum absolute atomic E-state index is 0.0131. The van der Waals surface area contributed by atoms with E-state index in [4.69, 9.17) is 15.5 Å². The van der Waals surface area contributed by atoms with Gasteiger partial charge in [-0.25, -0.2) is 5.90 Å². The van der Waals surface area contributed by atoms with Gasteiger partial charge in [0.2, 0.25) is 0 Å². The third-order valence-corrected chi connectivity index (χ3v) is 3.48. The zero-order chi connectivity index (χ0) is 13.7. The monoisotopic (exact) mass is 264 g/mol. The van der Waals surface area contributed by atoms with E-state index in [1.165, 1.54) is 0 Å². The smallest absolute Gasteiger partial charge is 0.257 e. The molecule has 2 N–H and O–H groups in total. The highest BCUT2D eigenvalue weighted by Gasteiger charge is 2.26. The quantitative estimate of drug-likeness (QED) is 0.836. The molecule has 1 aliphatic heterocycles. The normalized spacial score (nSPS) is 19.3. The summed E-state index contributed by atoms with van der Waals surface area (Å²) in [5, 5.41) is 0. The molecule has 1 saturated heterocycles. The van der Waals surface area contributed by atoms with Crippen LogP contribution in [0.2, 0.25) is 0 Å². The molecule has 1 aliphatic rings. The number of hydrogen-bond acceptors (Lipinski definition) is 4. The first-order valence-electron chi connectivity index (χ1n) is 6.50. The number of methoxy groups -OCH3 is 1. The second kappa shape index (κ2) is 6.54. The summed E-state index contributed by atoms with van der Waals surface area (Å²) in [4.78, 5) is 19.1. The Balaban J connectivity index is 2.10. The SMILES string of the molecule is COc1ccccc1C(=O)N1CCCC(CON)C1. The summed E-state index contributed by atoms with van der Waals surface area (Å²) in [5.74, 6) is 6.06. The van der Waals surface area contributed by atoms with Gasteiger partial charge in [0, 0.05) is 19.0 Å². The van der Waals surface area contributed by atoms with E-state index in [-0.39, 0.29) is 5.91 Å². The molecule has 1 aromatic rings. The highest BCUT2D eigenvalue weighted by atomic mass is 16.6. The fourth-order valence-corrected chi connectivity index (χ4v) is 2.51. The van der Waals surface area contributed by atoms with Crippen LogP contribution in [0.5, 0.6) is 5.75 Å². The Morgan fingerprint density at radius 1 is 1.47 bits per heavy atom. The van der Waals surface area contributed by atoms with Gasteiger partial charge >= 0.3 is 0 Å². The maximum absolute atomic E-state index is 12.5. The minimum atomic E-state index is 0.0131. The van der Waals surface area contributed by atoms with E-state index in [2.05, 4.69) is 0 Å². The molecule has 2 rings (SSSR count). The molecular weight excluding hydrogens is 244 g/mol. The highest BCUT2D eigenvalue weighted by molar-refractivity contribution is 5.97. The van der Waals surface area contributed by atoms with Crippen LogP contribution in [0.4, 0.5) is 0 Å². The van der Waals surface area contributed by atoms with E-state index in [9.17, 15) is 4.79 Å². The number of ether oxygens (including phenoxy) is 1. The number of carbonyl (C=O) groups excluding carboxylic acids is 1. The summed E-state index contributed by atoms with van der Waals surface area (Å²) >= 11 is 0. The van der Waals surface area contributed by atoms with E-state index < -0.39 is 0 Å². The van der Waals surface area contributed by atoms with Gasteiger partial charge in [-0.1, -0.05) is 12.1 Å². The summed E-state index contributed by atoms with van der Waals surface area (Å²) in [6, 6.07) is 7.30. The number of nitrogens with zero attached hydrogens (tertiary/aromatic N) is 1. The van der Waals surface area contributed by atoms with Crippen LogP contribution in [0.1, 0.15) is 23.2 Å². The molecule has 1 amide bonds. The Bertz CT molecular complexity index is 434. The van der Waals surface area contributed by atoms with Crippen molar-refractivity contribution in [2.75, 3.05) is 26.8 Å². The summed E-state index contributed by atoms with van der Waals surface area (Å²) < 4.78 is 5.24. The average molecular weight is 264 g/mol. The molecule has 0 saturated carbocycles. The van der Waals surface area contributed by atoms with E-state index in [1.54, 1.807) is 19.2 Å². The maximum Gasteiger partial charge on any atom is 0.257 e. The second-order valence-electron chi connectivity index (χ2n) is 4.79. The third-order valence-electron chi connectivity index (χ3n) is 3.48. The molecule has 0 radical (unpaired) electrons. The number of amides is 1.